The highest BCUT2D eigenvalue weighted by atomic mass is 19.1. The maximum atomic E-state index is 13.5. The Morgan fingerprint density at radius 2 is 1.66 bits per heavy atom. The molecular formula is C26H21FN4O. The molecule has 0 aliphatic heterocycles. The first-order chi connectivity index (χ1) is 15.7. The largest absolute Gasteiger partial charge is 0.492 e. The number of nitrogens with one attached hydrogen (secondary N) is 1. The summed E-state index contributed by atoms with van der Waals surface area (Å²) in [4.78, 5) is 9.13. The van der Waals surface area contributed by atoms with Crippen LogP contribution in [0, 0.1) is 5.82 Å². The lowest BCUT2D eigenvalue weighted by Crippen LogP contribution is -2.01. The first-order valence-electron chi connectivity index (χ1n) is 10.4. The van der Waals surface area contributed by atoms with E-state index in [0.717, 1.165) is 39.3 Å². The van der Waals surface area contributed by atoms with Gasteiger partial charge in [0, 0.05) is 17.4 Å². The number of hydrogen-bond acceptors (Lipinski definition) is 4. The third kappa shape index (κ3) is 3.67. The van der Waals surface area contributed by atoms with E-state index in [0.29, 0.717) is 12.4 Å². The van der Waals surface area contributed by atoms with Gasteiger partial charge in [-0.1, -0.05) is 42.5 Å². The van der Waals surface area contributed by atoms with Gasteiger partial charge in [-0.15, -0.1) is 0 Å². The molecule has 5 aromatic rings. The molecule has 0 spiro atoms. The average molecular weight is 424 g/mol. The van der Waals surface area contributed by atoms with Crippen molar-refractivity contribution < 1.29 is 9.13 Å². The number of anilines is 2. The third-order valence-electron chi connectivity index (χ3n) is 5.21. The predicted molar refractivity (Wildman–Crippen MR) is 125 cm³/mol. The van der Waals surface area contributed by atoms with Gasteiger partial charge in [0.2, 0.25) is 0 Å². The highest BCUT2D eigenvalue weighted by Gasteiger charge is 2.18. The second kappa shape index (κ2) is 8.51. The number of hydrogen-bond donors (Lipinski definition) is 1. The quantitative estimate of drug-likeness (QED) is 0.344. The van der Waals surface area contributed by atoms with Crippen molar-refractivity contribution in [1.82, 2.24) is 14.5 Å². The molecule has 0 saturated carbocycles. The van der Waals surface area contributed by atoms with E-state index < -0.39 is 0 Å². The maximum absolute atomic E-state index is 13.5. The van der Waals surface area contributed by atoms with Gasteiger partial charge in [-0.3, -0.25) is 0 Å². The van der Waals surface area contributed by atoms with Crippen LogP contribution in [0.2, 0.25) is 0 Å². The van der Waals surface area contributed by atoms with Gasteiger partial charge in [0.15, 0.2) is 5.65 Å². The summed E-state index contributed by atoms with van der Waals surface area (Å²) in [6, 6.07) is 24.2. The highest BCUT2D eigenvalue weighted by Crippen LogP contribution is 2.37. The van der Waals surface area contributed by atoms with Crippen LogP contribution in [0.3, 0.4) is 0 Å². The molecule has 0 saturated heterocycles. The van der Waals surface area contributed by atoms with Crippen LogP contribution in [0.5, 0.6) is 5.75 Å². The molecule has 0 unspecified atom stereocenters. The number of fused-ring (bicyclic) bond motifs is 1. The minimum Gasteiger partial charge on any atom is -0.492 e. The zero-order chi connectivity index (χ0) is 21.9. The van der Waals surface area contributed by atoms with E-state index in [4.69, 9.17) is 4.74 Å². The van der Waals surface area contributed by atoms with Crippen LogP contribution in [0.1, 0.15) is 6.92 Å². The third-order valence-corrected chi connectivity index (χ3v) is 5.21. The molecule has 2 heterocycles. The molecular weight excluding hydrogens is 403 g/mol. The zero-order valence-corrected chi connectivity index (χ0v) is 17.5. The first kappa shape index (κ1) is 19.8. The smallest absolute Gasteiger partial charge is 0.150 e. The zero-order valence-electron chi connectivity index (χ0n) is 17.5. The van der Waals surface area contributed by atoms with Gasteiger partial charge in [0.25, 0.3) is 0 Å². The molecule has 0 amide bonds. The number of rotatable bonds is 6. The van der Waals surface area contributed by atoms with Crippen molar-refractivity contribution in [3.05, 3.63) is 97.2 Å². The Morgan fingerprint density at radius 3 is 2.44 bits per heavy atom. The fourth-order valence-corrected chi connectivity index (χ4v) is 3.77. The van der Waals surface area contributed by atoms with Gasteiger partial charge >= 0.3 is 0 Å². The van der Waals surface area contributed by atoms with E-state index in [1.54, 1.807) is 12.1 Å². The van der Waals surface area contributed by atoms with Crippen LogP contribution in [-0.4, -0.2) is 21.1 Å². The van der Waals surface area contributed by atoms with Crippen molar-refractivity contribution in [2.45, 2.75) is 6.92 Å². The lowest BCUT2D eigenvalue weighted by atomic mass is 10.1. The van der Waals surface area contributed by atoms with Gasteiger partial charge in [0.05, 0.1) is 17.7 Å². The minimum absolute atomic E-state index is 0.280. The topological polar surface area (TPSA) is 52.0 Å². The van der Waals surface area contributed by atoms with E-state index >= 15 is 0 Å². The number of aromatic nitrogens is 3. The lowest BCUT2D eigenvalue weighted by molar-refractivity contribution is 0.342. The molecule has 5 rings (SSSR count). The fraction of sp³-hybridized carbons (Fsp3) is 0.0769. The van der Waals surface area contributed by atoms with Crippen LogP contribution in [0.4, 0.5) is 15.9 Å². The first-order valence-corrected chi connectivity index (χ1v) is 10.4. The van der Waals surface area contributed by atoms with Crippen LogP contribution in [0.25, 0.3) is 27.8 Å². The summed E-state index contributed by atoms with van der Waals surface area (Å²) in [6.07, 6.45) is 3.55. The summed E-state index contributed by atoms with van der Waals surface area (Å²) < 4.78 is 21.3. The normalized spacial score (nSPS) is 10.9. The van der Waals surface area contributed by atoms with Crippen molar-refractivity contribution in [2.75, 3.05) is 11.9 Å². The summed E-state index contributed by atoms with van der Waals surface area (Å²) in [5.74, 6) is 1.14. The Balaban J connectivity index is 1.72. The minimum atomic E-state index is -0.280. The van der Waals surface area contributed by atoms with Crippen LogP contribution in [0.15, 0.2) is 91.4 Å². The highest BCUT2D eigenvalue weighted by molar-refractivity contribution is 6.03. The SMILES string of the molecule is CCOc1ccccc1Nc1ncnc2c1c(-c1ccccc1)cn2-c1ccc(F)cc1. The van der Waals surface area contributed by atoms with Crippen LogP contribution >= 0.6 is 0 Å². The lowest BCUT2D eigenvalue weighted by Gasteiger charge is -2.13. The molecule has 0 aliphatic rings. The van der Waals surface area contributed by atoms with Crippen molar-refractivity contribution in [3.8, 4) is 22.6 Å². The van der Waals surface area contributed by atoms with Gasteiger partial charge in [0.1, 0.15) is 23.7 Å². The molecule has 2 aromatic heterocycles. The predicted octanol–water partition coefficient (Wildman–Crippen LogP) is 6.37. The summed E-state index contributed by atoms with van der Waals surface area (Å²) >= 11 is 0. The molecule has 158 valence electrons. The number of halogens is 1. The molecule has 0 fully saturated rings. The number of para-hydroxylation sites is 2. The Labute approximate surface area is 185 Å². The van der Waals surface area contributed by atoms with Crippen LogP contribution < -0.4 is 10.1 Å². The van der Waals surface area contributed by atoms with Crippen molar-refractivity contribution >= 4 is 22.5 Å². The maximum Gasteiger partial charge on any atom is 0.150 e. The molecule has 1 N–H and O–H groups in total. The number of nitrogens with zero attached hydrogens (tertiary/aromatic N) is 3. The second-order valence-corrected chi connectivity index (χ2v) is 7.23. The molecule has 5 nitrogen and oxygen atoms in total. The fourth-order valence-electron chi connectivity index (χ4n) is 3.77. The summed E-state index contributed by atoms with van der Waals surface area (Å²) in [5.41, 5.74) is 4.37. The van der Waals surface area contributed by atoms with Gasteiger partial charge < -0.3 is 14.6 Å². The van der Waals surface area contributed by atoms with Gasteiger partial charge in [-0.2, -0.15) is 0 Å². The molecule has 3 aromatic carbocycles. The van der Waals surface area contributed by atoms with Crippen LogP contribution in [-0.2, 0) is 0 Å². The molecule has 0 bridgehead atoms. The van der Waals surface area contributed by atoms with E-state index in [-0.39, 0.29) is 5.82 Å². The van der Waals surface area contributed by atoms with Crippen molar-refractivity contribution in [2.24, 2.45) is 0 Å². The molecule has 0 atom stereocenters. The summed E-state index contributed by atoms with van der Waals surface area (Å²) in [5, 5.41) is 4.30. The molecule has 32 heavy (non-hydrogen) atoms. The van der Waals surface area contributed by atoms with E-state index in [1.165, 1.54) is 18.5 Å². The van der Waals surface area contributed by atoms with Crippen molar-refractivity contribution in [3.63, 3.8) is 0 Å². The Bertz CT molecular complexity index is 1360. The van der Waals surface area contributed by atoms with E-state index in [9.17, 15) is 4.39 Å². The monoisotopic (exact) mass is 424 g/mol. The van der Waals surface area contributed by atoms with Gasteiger partial charge in [-0.25, -0.2) is 14.4 Å². The number of ether oxygens (including phenoxy) is 1. The number of benzene rings is 3. The molecule has 0 aliphatic carbocycles. The molecule has 6 heteroatoms. The van der Waals surface area contributed by atoms with E-state index in [2.05, 4.69) is 27.4 Å². The van der Waals surface area contributed by atoms with Crippen molar-refractivity contribution in [1.29, 1.82) is 0 Å². The second-order valence-electron chi connectivity index (χ2n) is 7.23. The van der Waals surface area contributed by atoms with Gasteiger partial charge in [-0.05, 0) is 48.9 Å². The standard InChI is InChI=1S/C26H21FN4O/c1-2-32-23-11-7-6-10-22(23)30-25-24-21(18-8-4-3-5-9-18)16-31(26(24)29-17-28-25)20-14-12-19(27)13-15-20/h3-17H,2H2,1H3,(H,28,29,30). The summed E-state index contributed by atoms with van der Waals surface area (Å²) in [6.45, 7) is 2.52. The van der Waals surface area contributed by atoms with E-state index in [1.807, 2.05) is 60.2 Å². The molecule has 0 radical (unpaired) electrons. The Hall–Kier alpha value is -4.19. The Morgan fingerprint density at radius 1 is 0.906 bits per heavy atom. The summed E-state index contributed by atoms with van der Waals surface area (Å²) in [7, 11) is 0. The average Bonchev–Trinajstić information content (AvgIpc) is 3.22. The Kier molecular flexibility index (Phi) is 5.25.